The molecule has 0 fully saturated rings. The van der Waals surface area contributed by atoms with Crippen molar-refractivity contribution in [2.24, 2.45) is 0 Å². The van der Waals surface area contributed by atoms with Crippen LogP contribution in [0, 0.1) is 5.82 Å². The van der Waals surface area contributed by atoms with Gasteiger partial charge in [0.15, 0.2) is 0 Å². The zero-order chi connectivity index (χ0) is 14.0. The summed E-state index contributed by atoms with van der Waals surface area (Å²) < 4.78 is 52.5. The van der Waals surface area contributed by atoms with Crippen molar-refractivity contribution < 1.29 is 21.4 Å². The van der Waals surface area contributed by atoms with E-state index in [-0.39, 0.29) is 4.47 Å². The Morgan fingerprint density at radius 3 is 2.11 bits per heavy atom. The normalized spacial score (nSPS) is 11.3. The molecule has 0 amide bonds. The molecule has 0 bridgehead atoms. The Hall–Kier alpha value is -1.47. The van der Waals surface area contributed by atoms with Crippen LogP contribution in [0.3, 0.4) is 0 Å². The van der Waals surface area contributed by atoms with Crippen LogP contribution in [0.25, 0.3) is 0 Å². The first-order valence-electron chi connectivity index (χ1n) is 5.04. The average Bonchev–Trinajstić information content (AvgIpc) is 2.33. The third-order valence-electron chi connectivity index (χ3n) is 2.23. The minimum absolute atomic E-state index is 0.243. The third kappa shape index (κ3) is 3.51. The van der Waals surface area contributed by atoms with Crippen LogP contribution in [0.2, 0.25) is 0 Å². The van der Waals surface area contributed by atoms with Gasteiger partial charge in [-0.2, -0.15) is 8.42 Å². The van der Waals surface area contributed by atoms with Gasteiger partial charge in [0.1, 0.15) is 17.3 Å². The smallest absolute Gasteiger partial charge is 0.332 e. The van der Waals surface area contributed by atoms with Crippen LogP contribution < -0.4 is 4.74 Å². The summed E-state index contributed by atoms with van der Waals surface area (Å²) in [5.41, 5.74) is 0. The second kappa shape index (κ2) is 5.26. The SMILES string of the molecule is O=S(=O)(F)c1ccc(Oc2ccc(F)c(Br)c2)cc1. The summed E-state index contributed by atoms with van der Waals surface area (Å²) in [5.74, 6) is 0.251. The lowest BCUT2D eigenvalue weighted by Crippen LogP contribution is -1.92. The third-order valence-corrected chi connectivity index (χ3v) is 3.67. The molecule has 0 saturated heterocycles. The van der Waals surface area contributed by atoms with E-state index < -0.39 is 20.9 Å². The molecule has 3 nitrogen and oxygen atoms in total. The van der Waals surface area contributed by atoms with E-state index in [1.54, 1.807) is 0 Å². The maximum Gasteiger partial charge on any atom is 0.332 e. The summed E-state index contributed by atoms with van der Waals surface area (Å²) in [6.45, 7) is 0. The molecule has 0 heterocycles. The molecule has 2 aromatic rings. The summed E-state index contributed by atoms with van der Waals surface area (Å²) in [6, 6.07) is 8.86. The zero-order valence-corrected chi connectivity index (χ0v) is 11.7. The molecule has 0 aliphatic carbocycles. The van der Waals surface area contributed by atoms with Crippen LogP contribution in [0.15, 0.2) is 51.8 Å². The Morgan fingerprint density at radius 1 is 1.00 bits per heavy atom. The molecule has 0 spiro atoms. The molecule has 0 aliphatic heterocycles. The van der Waals surface area contributed by atoms with Crippen LogP contribution in [-0.2, 0) is 10.2 Å². The van der Waals surface area contributed by atoms with Crippen molar-refractivity contribution in [2.75, 3.05) is 0 Å². The molecule has 2 rings (SSSR count). The van der Waals surface area contributed by atoms with Crippen molar-refractivity contribution >= 4 is 26.2 Å². The monoisotopic (exact) mass is 348 g/mol. The predicted octanol–water partition coefficient (Wildman–Crippen LogP) is 4.04. The molecule has 0 N–H and O–H groups in total. The first kappa shape index (κ1) is 14.0. The van der Waals surface area contributed by atoms with Gasteiger partial charge < -0.3 is 4.74 Å². The van der Waals surface area contributed by atoms with Crippen molar-refractivity contribution in [3.63, 3.8) is 0 Å². The molecule has 0 atom stereocenters. The number of halogens is 3. The highest BCUT2D eigenvalue weighted by atomic mass is 79.9. The maximum absolute atomic E-state index is 13.0. The average molecular weight is 349 g/mol. The quantitative estimate of drug-likeness (QED) is 0.786. The van der Waals surface area contributed by atoms with Crippen LogP contribution in [0.1, 0.15) is 0 Å². The lowest BCUT2D eigenvalue weighted by Gasteiger charge is -2.06. The molecule has 2 aromatic carbocycles. The Morgan fingerprint density at radius 2 is 1.58 bits per heavy atom. The fourth-order valence-electron chi connectivity index (χ4n) is 1.35. The van der Waals surface area contributed by atoms with Crippen LogP contribution in [-0.4, -0.2) is 8.42 Å². The van der Waals surface area contributed by atoms with Gasteiger partial charge in [0, 0.05) is 0 Å². The predicted molar refractivity (Wildman–Crippen MR) is 68.9 cm³/mol. The van der Waals surface area contributed by atoms with Gasteiger partial charge in [-0.15, -0.1) is 3.89 Å². The first-order valence-corrected chi connectivity index (χ1v) is 7.21. The summed E-state index contributed by atoms with van der Waals surface area (Å²) in [7, 11) is -4.72. The molecular formula is C12H7BrF2O3S. The minimum atomic E-state index is -4.72. The number of benzene rings is 2. The van der Waals surface area contributed by atoms with E-state index >= 15 is 0 Å². The van der Waals surface area contributed by atoms with Crippen molar-refractivity contribution in [1.29, 1.82) is 0 Å². The Balaban J connectivity index is 2.22. The van der Waals surface area contributed by atoms with Gasteiger partial charge >= 0.3 is 10.2 Å². The number of hydrogen-bond donors (Lipinski definition) is 0. The summed E-state index contributed by atoms with van der Waals surface area (Å²) in [5, 5.41) is 0. The Labute approximate surface area is 117 Å². The number of hydrogen-bond acceptors (Lipinski definition) is 3. The van der Waals surface area contributed by atoms with Crippen LogP contribution in [0.5, 0.6) is 11.5 Å². The van der Waals surface area contributed by atoms with Gasteiger partial charge in [-0.1, -0.05) is 0 Å². The molecule has 0 aromatic heterocycles. The van der Waals surface area contributed by atoms with Crippen molar-refractivity contribution in [3.05, 3.63) is 52.8 Å². The second-order valence-corrected chi connectivity index (χ2v) is 5.79. The molecule has 100 valence electrons. The lowest BCUT2D eigenvalue weighted by atomic mass is 10.3. The highest BCUT2D eigenvalue weighted by molar-refractivity contribution is 9.10. The highest BCUT2D eigenvalue weighted by Gasteiger charge is 2.11. The van der Waals surface area contributed by atoms with Crippen molar-refractivity contribution in [2.45, 2.75) is 4.90 Å². The second-order valence-electron chi connectivity index (χ2n) is 3.59. The summed E-state index contributed by atoms with van der Waals surface area (Å²) >= 11 is 3.01. The lowest BCUT2D eigenvalue weighted by molar-refractivity contribution is 0.479. The largest absolute Gasteiger partial charge is 0.457 e. The van der Waals surface area contributed by atoms with Gasteiger partial charge in [0.25, 0.3) is 0 Å². The topological polar surface area (TPSA) is 43.4 Å². The molecular weight excluding hydrogens is 342 g/mol. The van der Waals surface area contributed by atoms with E-state index in [0.29, 0.717) is 11.5 Å². The summed E-state index contributed by atoms with van der Waals surface area (Å²) in [6.07, 6.45) is 0. The first-order chi connectivity index (χ1) is 8.86. The van der Waals surface area contributed by atoms with Gasteiger partial charge in [-0.3, -0.25) is 0 Å². The molecule has 0 radical (unpaired) electrons. The van der Waals surface area contributed by atoms with Gasteiger partial charge in [-0.05, 0) is 58.4 Å². The van der Waals surface area contributed by atoms with E-state index in [1.807, 2.05) is 0 Å². The molecule has 0 aliphatic rings. The fraction of sp³-hybridized carbons (Fsp3) is 0. The van der Waals surface area contributed by atoms with Crippen LogP contribution in [0.4, 0.5) is 8.28 Å². The van der Waals surface area contributed by atoms with E-state index in [9.17, 15) is 16.7 Å². The standard InChI is InChI=1S/C12H7BrF2O3S/c13-11-7-9(3-6-12(11)14)18-8-1-4-10(5-2-8)19(15,16)17/h1-7H. The van der Waals surface area contributed by atoms with E-state index in [0.717, 1.165) is 12.1 Å². The zero-order valence-electron chi connectivity index (χ0n) is 9.31. The van der Waals surface area contributed by atoms with Crippen molar-refractivity contribution in [3.8, 4) is 11.5 Å². The Kier molecular flexibility index (Phi) is 3.86. The Bertz CT molecular complexity index is 699. The fourth-order valence-corrected chi connectivity index (χ4v) is 2.17. The highest BCUT2D eigenvalue weighted by Crippen LogP contribution is 2.27. The van der Waals surface area contributed by atoms with Crippen LogP contribution >= 0.6 is 15.9 Å². The molecule has 0 saturated carbocycles. The van der Waals surface area contributed by atoms with E-state index in [2.05, 4.69) is 15.9 Å². The number of rotatable bonds is 3. The van der Waals surface area contributed by atoms with E-state index in [4.69, 9.17) is 4.74 Å². The summed E-state index contributed by atoms with van der Waals surface area (Å²) in [4.78, 5) is -0.444. The van der Waals surface area contributed by atoms with Crippen molar-refractivity contribution in [1.82, 2.24) is 0 Å². The van der Waals surface area contributed by atoms with E-state index in [1.165, 1.54) is 30.3 Å². The number of ether oxygens (including phenoxy) is 1. The van der Waals surface area contributed by atoms with Gasteiger partial charge in [0.05, 0.1) is 9.37 Å². The minimum Gasteiger partial charge on any atom is -0.457 e. The molecule has 0 unspecified atom stereocenters. The molecule has 7 heteroatoms. The van der Waals surface area contributed by atoms with Gasteiger partial charge in [0.2, 0.25) is 0 Å². The molecule has 19 heavy (non-hydrogen) atoms. The maximum atomic E-state index is 13.0. The van der Waals surface area contributed by atoms with Gasteiger partial charge in [-0.25, -0.2) is 4.39 Å².